The monoisotopic (exact) mass is 411 g/mol. The van der Waals surface area contributed by atoms with Crippen molar-refractivity contribution in [2.24, 2.45) is 5.92 Å². The maximum Gasteiger partial charge on any atom is 0.410 e. The highest BCUT2D eigenvalue weighted by atomic mass is 35.5. The highest BCUT2D eigenvalue weighted by molar-refractivity contribution is 6.32. The summed E-state index contributed by atoms with van der Waals surface area (Å²) in [6.07, 6.45) is 1.00. The molecule has 1 amide bonds. The number of amides is 1. The molecule has 7 nitrogen and oxygen atoms in total. The van der Waals surface area contributed by atoms with E-state index in [0.29, 0.717) is 36.8 Å². The van der Waals surface area contributed by atoms with Crippen LogP contribution in [0, 0.1) is 12.8 Å². The van der Waals surface area contributed by atoms with Crippen molar-refractivity contribution in [3.63, 3.8) is 0 Å². The summed E-state index contributed by atoms with van der Waals surface area (Å²) in [5, 5.41) is 9.60. The molecule has 8 heteroatoms. The van der Waals surface area contributed by atoms with E-state index in [2.05, 4.69) is 0 Å². The summed E-state index contributed by atoms with van der Waals surface area (Å²) < 4.78 is 17.4. The van der Waals surface area contributed by atoms with E-state index in [1.54, 1.807) is 11.8 Å². The molecule has 1 N–H and O–H groups in total. The lowest BCUT2D eigenvalue weighted by molar-refractivity contribution is -0.00129. The van der Waals surface area contributed by atoms with Crippen molar-refractivity contribution in [3.05, 3.63) is 22.2 Å². The number of rotatable bonds is 2. The molecule has 0 saturated carbocycles. The van der Waals surface area contributed by atoms with Crippen LogP contribution in [0.15, 0.2) is 6.07 Å². The van der Waals surface area contributed by atoms with Crippen molar-refractivity contribution in [2.45, 2.75) is 52.2 Å². The van der Waals surface area contributed by atoms with Crippen LogP contribution in [0.5, 0.6) is 11.5 Å². The van der Waals surface area contributed by atoms with E-state index in [1.165, 1.54) is 6.07 Å². The van der Waals surface area contributed by atoms with Gasteiger partial charge in [0, 0.05) is 24.6 Å². The summed E-state index contributed by atoms with van der Waals surface area (Å²) in [4.78, 5) is 25.4. The fraction of sp³-hybridized carbons (Fsp3) is 0.600. The Morgan fingerprint density at radius 1 is 1.25 bits per heavy atom. The molecule has 0 bridgehead atoms. The molecule has 0 aromatic heterocycles. The van der Waals surface area contributed by atoms with Gasteiger partial charge in [-0.15, -0.1) is 0 Å². The van der Waals surface area contributed by atoms with Crippen molar-refractivity contribution < 1.29 is 28.9 Å². The standard InChI is InChI=1S/C20H26ClNO6/c1-11-13(18(23)24)9-14(21)17-16(11)27-15(10-26-17)12-5-7-22(8-6-12)19(25)28-20(2,3)4/h9,12,15H,5-8,10H2,1-4H3,(H,23,24). The number of carboxylic acid groups (broad SMARTS) is 1. The zero-order valence-corrected chi connectivity index (χ0v) is 17.3. The van der Waals surface area contributed by atoms with Crippen molar-refractivity contribution in [2.75, 3.05) is 19.7 Å². The lowest BCUT2D eigenvalue weighted by Gasteiger charge is -2.38. The molecule has 2 aliphatic heterocycles. The minimum absolute atomic E-state index is 0.104. The third-order valence-corrected chi connectivity index (χ3v) is 5.33. The van der Waals surface area contributed by atoms with Gasteiger partial charge < -0.3 is 24.2 Å². The lowest BCUT2D eigenvalue weighted by atomic mass is 9.91. The van der Waals surface area contributed by atoms with E-state index in [-0.39, 0.29) is 28.7 Å². The number of benzene rings is 1. The number of halogens is 1. The Hall–Kier alpha value is -2.15. The molecule has 0 spiro atoms. The van der Waals surface area contributed by atoms with Crippen LogP contribution >= 0.6 is 11.6 Å². The summed E-state index contributed by atoms with van der Waals surface area (Å²) in [6.45, 7) is 8.75. The topological polar surface area (TPSA) is 85.3 Å². The zero-order valence-electron chi connectivity index (χ0n) is 16.6. The summed E-state index contributed by atoms with van der Waals surface area (Å²) in [6, 6.07) is 1.39. The Balaban J connectivity index is 1.67. The number of ether oxygens (including phenoxy) is 3. The van der Waals surface area contributed by atoms with Gasteiger partial charge in [-0.2, -0.15) is 0 Å². The molecule has 1 aromatic rings. The number of carboxylic acids is 1. The van der Waals surface area contributed by atoms with Crippen LogP contribution in [0.1, 0.15) is 49.5 Å². The molecular formula is C20H26ClNO6. The largest absolute Gasteiger partial charge is 0.484 e. The molecule has 28 heavy (non-hydrogen) atoms. The second-order valence-electron chi connectivity index (χ2n) is 8.27. The number of fused-ring (bicyclic) bond motifs is 1. The molecule has 0 radical (unpaired) electrons. The Morgan fingerprint density at radius 2 is 1.89 bits per heavy atom. The predicted octanol–water partition coefficient (Wildman–Crippen LogP) is 4.13. The molecule has 0 aliphatic carbocycles. The molecule has 1 fully saturated rings. The quantitative estimate of drug-likeness (QED) is 0.787. The first-order chi connectivity index (χ1) is 13.1. The SMILES string of the molecule is Cc1c(C(=O)O)cc(Cl)c2c1OC(C1CCN(C(=O)OC(C)(C)C)CC1)CO2. The average molecular weight is 412 g/mol. The van der Waals surface area contributed by atoms with E-state index in [0.717, 1.165) is 12.8 Å². The molecule has 1 aromatic carbocycles. The number of hydrogen-bond acceptors (Lipinski definition) is 5. The molecule has 154 valence electrons. The number of carbonyl (C=O) groups is 2. The van der Waals surface area contributed by atoms with Gasteiger partial charge in [0.25, 0.3) is 0 Å². The molecule has 3 rings (SSSR count). The second-order valence-corrected chi connectivity index (χ2v) is 8.67. The van der Waals surface area contributed by atoms with Gasteiger partial charge in [-0.25, -0.2) is 9.59 Å². The molecule has 2 heterocycles. The van der Waals surface area contributed by atoms with Crippen LogP contribution < -0.4 is 9.47 Å². The van der Waals surface area contributed by atoms with Gasteiger partial charge in [0.1, 0.15) is 18.3 Å². The van der Waals surface area contributed by atoms with Crippen LogP contribution in [0.25, 0.3) is 0 Å². The van der Waals surface area contributed by atoms with Gasteiger partial charge >= 0.3 is 12.1 Å². The van der Waals surface area contributed by atoms with Gasteiger partial charge in [0.05, 0.1) is 10.6 Å². The van der Waals surface area contributed by atoms with E-state index in [9.17, 15) is 14.7 Å². The molecule has 1 unspecified atom stereocenters. The first-order valence-corrected chi connectivity index (χ1v) is 9.78. The molecule has 1 atom stereocenters. The average Bonchev–Trinajstić information content (AvgIpc) is 2.63. The van der Waals surface area contributed by atoms with Crippen LogP contribution in [-0.2, 0) is 4.74 Å². The van der Waals surface area contributed by atoms with Crippen LogP contribution in [0.2, 0.25) is 5.02 Å². The number of piperidine rings is 1. The van der Waals surface area contributed by atoms with E-state index < -0.39 is 11.6 Å². The Labute approximate surface area is 169 Å². The number of nitrogens with zero attached hydrogens (tertiary/aromatic N) is 1. The van der Waals surface area contributed by atoms with Crippen LogP contribution in [0.3, 0.4) is 0 Å². The van der Waals surface area contributed by atoms with E-state index >= 15 is 0 Å². The smallest absolute Gasteiger partial charge is 0.410 e. The molecule has 1 saturated heterocycles. The predicted molar refractivity (Wildman–Crippen MR) is 104 cm³/mol. The fourth-order valence-electron chi connectivity index (χ4n) is 3.56. The summed E-state index contributed by atoms with van der Waals surface area (Å²) in [7, 11) is 0. The van der Waals surface area contributed by atoms with E-state index in [1.807, 2.05) is 20.8 Å². The third-order valence-electron chi connectivity index (χ3n) is 5.05. The van der Waals surface area contributed by atoms with E-state index in [4.69, 9.17) is 25.8 Å². The summed E-state index contributed by atoms with van der Waals surface area (Å²) in [5.74, 6) is -0.0700. The van der Waals surface area contributed by atoms with Gasteiger partial charge in [-0.1, -0.05) is 11.6 Å². The highest BCUT2D eigenvalue weighted by Gasteiger charge is 2.36. The van der Waals surface area contributed by atoms with Crippen molar-refractivity contribution in [3.8, 4) is 11.5 Å². The number of hydrogen-bond donors (Lipinski definition) is 1. The van der Waals surface area contributed by atoms with Gasteiger partial charge in [-0.3, -0.25) is 0 Å². The fourth-order valence-corrected chi connectivity index (χ4v) is 3.81. The first-order valence-electron chi connectivity index (χ1n) is 9.40. The van der Waals surface area contributed by atoms with Gasteiger partial charge in [-0.05, 0) is 46.6 Å². The van der Waals surface area contributed by atoms with Gasteiger partial charge in [0.15, 0.2) is 11.5 Å². The second kappa shape index (κ2) is 7.70. The first kappa shape index (κ1) is 20.6. The number of likely N-dealkylation sites (tertiary alicyclic amines) is 1. The Bertz CT molecular complexity index is 780. The van der Waals surface area contributed by atoms with Crippen molar-refractivity contribution in [1.29, 1.82) is 0 Å². The molecular weight excluding hydrogens is 386 g/mol. The maximum atomic E-state index is 12.2. The number of aromatic carboxylic acids is 1. The minimum atomic E-state index is -1.06. The number of carbonyl (C=O) groups excluding carboxylic acids is 1. The zero-order chi connectivity index (χ0) is 20.6. The molecule has 2 aliphatic rings. The Morgan fingerprint density at radius 3 is 2.46 bits per heavy atom. The normalized spacial score (nSPS) is 20.0. The van der Waals surface area contributed by atoms with Gasteiger partial charge in [0.2, 0.25) is 0 Å². The third kappa shape index (κ3) is 4.29. The Kier molecular flexibility index (Phi) is 5.66. The lowest BCUT2D eigenvalue weighted by Crippen LogP contribution is -2.46. The highest BCUT2D eigenvalue weighted by Crippen LogP contribution is 2.44. The summed E-state index contributed by atoms with van der Waals surface area (Å²) >= 11 is 6.18. The minimum Gasteiger partial charge on any atom is -0.484 e. The van der Waals surface area contributed by atoms with Crippen molar-refractivity contribution >= 4 is 23.7 Å². The maximum absolute atomic E-state index is 12.2. The summed E-state index contributed by atoms with van der Waals surface area (Å²) in [5.41, 5.74) is 0.0897. The van der Waals surface area contributed by atoms with Crippen LogP contribution in [-0.4, -0.2) is 53.5 Å². The van der Waals surface area contributed by atoms with Crippen LogP contribution in [0.4, 0.5) is 4.79 Å². The van der Waals surface area contributed by atoms with Crippen molar-refractivity contribution in [1.82, 2.24) is 4.90 Å².